The van der Waals surface area contributed by atoms with Crippen LogP contribution < -0.4 is 9.64 Å². The average molecular weight is 658 g/mol. The highest BCUT2D eigenvalue weighted by Gasteiger charge is 2.57. The predicted octanol–water partition coefficient (Wildman–Crippen LogP) is 6.03. The van der Waals surface area contributed by atoms with Crippen molar-refractivity contribution in [2.24, 2.45) is 17.8 Å². The fraction of sp³-hybridized carbons (Fsp3) is 0.400. The van der Waals surface area contributed by atoms with E-state index in [9.17, 15) is 24.8 Å². The van der Waals surface area contributed by atoms with E-state index >= 15 is 0 Å². The minimum atomic E-state index is -0.529. The molecule has 2 saturated heterocycles. The van der Waals surface area contributed by atoms with Gasteiger partial charge in [-0.25, -0.2) is 4.90 Å². The maximum absolute atomic E-state index is 13.6. The number of imide groups is 1. The van der Waals surface area contributed by atoms with E-state index in [0.29, 0.717) is 22.3 Å². The number of carbonyl (C=O) groups excluding carboxylic acids is 2. The number of allylic oxidation sites excluding steroid dienone is 2. The molecule has 3 aliphatic rings. The molecule has 0 aromatic heterocycles. The molecule has 40 heavy (non-hydrogen) atoms. The number of rotatable bonds is 8. The molecule has 1 N–H and O–H groups in total. The molecule has 0 saturated carbocycles. The second-order valence-corrected chi connectivity index (χ2v) is 11.7. The first-order valence-corrected chi connectivity index (χ1v) is 14.4. The zero-order valence-electron chi connectivity index (χ0n) is 22.6. The van der Waals surface area contributed by atoms with Crippen molar-refractivity contribution in [3.05, 3.63) is 72.4 Å². The zero-order valence-corrected chi connectivity index (χ0v) is 24.7. The van der Waals surface area contributed by atoms with Crippen molar-refractivity contribution in [2.45, 2.75) is 45.6 Å². The van der Waals surface area contributed by atoms with Gasteiger partial charge in [0.15, 0.2) is 11.5 Å². The number of phenols is 1. The highest BCUT2D eigenvalue weighted by atomic mass is 127. The van der Waals surface area contributed by atoms with E-state index in [2.05, 4.69) is 35.6 Å². The number of phenolic OH excluding ortho intramolecular Hbond substituents is 1. The molecule has 2 aliphatic heterocycles. The number of non-ortho nitro benzene ring substituents is 1. The van der Waals surface area contributed by atoms with Crippen molar-refractivity contribution in [1.29, 1.82) is 0 Å². The first kappa shape index (κ1) is 28.3. The summed E-state index contributed by atoms with van der Waals surface area (Å²) in [6.45, 7) is 4.50. The van der Waals surface area contributed by atoms with Crippen LogP contribution in [-0.2, 0) is 14.3 Å². The molecule has 0 bridgehead atoms. The predicted molar refractivity (Wildman–Crippen MR) is 158 cm³/mol. The molecular weight excluding hydrogens is 627 g/mol. The Bertz CT molecular complexity index is 1450. The number of carbonyl (C=O) groups is 2. The molecule has 0 unspecified atom stereocenters. The van der Waals surface area contributed by atoms with Crippen molar-refractivity contribution in [1.82, 2.24) is 0 Å². The number of nitrogens with zero attached hydrogens (tertiary/aromatic N) is 2. The van der Waals surface area contributed by atoms with Crippen LogP contribution in [0.3, 0.4) is 0 Å². The van der Waals surface area contributed by atoms with Crippen LogP contribution >= 0.6 is 22.6 Å². The largest absolute Gasteiger partial charge is 0.504 e. The lowest BCUT2D eigenvalue weighted by Crippen LogP contribution is -2.34. The molecule has 4 atom stereocenters. The van der Waals surface area contributed by atoms with Crippen molar-refractivity contribution >= 4 is 51.9 Å². The topological polar surface area (TPSA) is 119 Å². The number of ether oxygens (including phenoxy) is 2. The van der Waals surface area contributed by atoms with E-state index in [1.165, 1.54) is 30.9 Å². The van der Waals surface area contributed by atoms with Crippen LogP contribution in [0.2, 0.25) is 0 Å². The van der Waals surface area contributed by atoms with E-state index in [1.807, 2.05) is 19.1 Å². The Labute approximate surface area is 246 Å². The Kier molecular flexibility index (Phi) is 8.01. The maximum atomic E-state index is 13.6. The fourth-order valence-corrected chi connectivity index (χ4v) is 6.99. The SMILES string of the molecule is CC/C(=C\c1cc(I)c(O)c(OC)c1)CC[C@H]1OC[C@H]2C1=C(C)C[C@H]1C(=O)N(c3cccc([N+](=O)[O-])c3)C(=O)[C@H]12. The third kappa shape index (κ3) is 5.03. The van der Waals surface area contributed by atoms with Crippen molar-refractivity contribution in [3.63, 3.8) is 0 Å². The standard InChI is InChI=1S/C30H31IN2O7/c1-4-17(11-18-12-23(31)28(34)25(13-18)39-3)8-9-24-26-16(2)10-21-27(22(26)15-40-24)30(36)32(29(21)35)19-6-5-7-20(14-19)33(37)38/h5-7,11-14,21-22,24,27,34H,4,8-10,15H2,1-3H3/b17-11+/t21-,22+,24-,27-/m1/s1. The Morgan fingerprint density at radius 1 is 1.25 bits per heavy atom. The number of anilines is 1. The van der Waals surface area contributed by atoms with Gasteiger partial charge in [0.1, 0.15) is 0 Å². The molecule has 2 amide bonds. The molecule has 1 aliphatic carbocycles. The number of nitro groups is 1. The van der Waals surface area contributed by atoms with Crippen LogP contribution in [-0.4, -0.2) is 41.7 Å². The molecular formula is C30H31IN2O7. The fourth-order valence-electron chi connectivity index (χ4n) is 6.37. The van der Waals surface area contributed by atoms with Gasteiger partial charge in [-0.3, -0.25) is 19.7 Å². The van der Waals surface area contributed by atoms with Gasteiger partial charge < -0.3 is 14.6 Å². The molecule has 0 spiro atoms. The summed E-state index contributed by atoms with van der Waals surface area (Å²) < 4.78 is 12.3. The Morgan fingerprint density at radius 2 is 2.02 bits per heavy atom. The zero-order chi connectivity index (χ0) is 28.7. The smallest absolute Gasteiger partial charge is 0.271 e. The van der Waals surface area contributed by atoms with Crippen LogP contribution in [0.5, 0.6) is 11.5 Å². The highest BCUT2D eigenvalue weighted by molar-refractivity contribution is 14.1. The number of aromatic hydroxyl groups is 1. The van der Waals surface area contributed by atoms with E-state index in [1.54, 1.807) is 6.07 Å². The number of benzene rings is 2. The number of amides is 2. The third-order valence-corrected chi connectivity index (χ3v) is 9.10. The minimum Gasteiger partial charge on any atom is -0.504 e. The summed E-state index contributed by atoms with van der Waals surface area (Å²) in [4.78, 5) is 38.9. The summed E-state index contributed by atoms with van der Waals surface area (Å²) >= 11 is 2.09. The van der Waals surface area contributed by atoms with E-state index in [4.69, 9.17) is 9.47 Å². The van der Waals surface area contributed by atoms with Crippen LogP contribution in [0.4, 0.5) is 11.4 Å². The second kappa shape index (κ2) is 11.3. The highest BCUT2D eigenvalue weighted by Crippen LogP contribution is 2.50. The molecule has 5 rings (SSSR count). The van der Waals surface area contributed by atoms with Gasteiger partial charge in [-0.15, -0.1) is 0 Å². The Hall–Kier alpha value is -3.25. The van der Waals surface area contributed by atoms with Crippen molar-refractivity contribution in [2.75, 3.05) is 18.6 Å². The van der Waals surface area contributed by atoms with Gasteiger partial charge in [0.05, 0.1) is 45.8 Å². The van der Waals surface area contributed by atoms with Gasteiger partial charge in [-0.05, 0) is 84.5 Å². The summed E-state index contributed by atoms with van der Waals surface area (Å²) in [6, 6.07) is 9.43. The maximum Gasteiger partial charge on any atom is 0.271 e. The van der Waals surface area contributed by atoms with Gasteiger partial charge in [-0.1, -0.05) is 30.2 Å². The molecule has 2 fully saturated rings. The van der Waals surface area contributed by atoms with E-state index < -0.39 is 16.8 Å². The second-order valence-electron chi connectivity index (χ2n) is 10.5. The van der Waals surface area contributed by atoms with E-state index in [-0.39, 0.29) is 41.0 Å². The van der Waals surface area contributed by atoms with Crippen LogP contribution in [0.25, 0.3) is 6.08 Å². The molecule has 2 heterocycles. The lowest BCUT2D eigenvalue weighted by Gasteiger charge is -2.30. The first-order valence-electron chi connectivity index (χ1n) is 13.3. The van der Waals surface area contributed by atoms with Gasteiger partial charge >= 0.3 is 0 Å². The number of hydrogen-bond acceptors (Lipinski definition) is 7. The molecule has 2 aromatic carbocycles. The summed E-state index contributed by atoms with van der Waals surface area (Å²) in [5.41, 5.74) is 4.48. The monoisotopic (exact) mass is 658 g/mol. The van der Waals surface area contributed by atoms with E-state index in [0.717, 1.165) is 40.9 Å². The molecule has 0 radical (unpaired) electrons. The normalized spacial score (nSPS) is 24.4. The van der Waals surface area contributed by atoms with Crippen molar-refractivity contribution in [3.8, 4) is 11.5 Å². The van der Waals surface area contributed by atoms with Crippen LogP contribution in [0.15, 0.2) is 53.1 Å². The van der Waals surface area contributed by atoms with Gasteiger partial charge in [-0.2, -0.15) is 0 Å². The number of halogens is 1. The van der Waals surface area contributed by atoms with Crippen LogP contribution in [0.1, 0.15) is 45.1 Å². The average Bonchev–Trinajstić information content (AvgIpc) is 3.47. The molecule has 210 valence electrons. The third-order valence-electron chi connectivity index (χ3n) is 8.27. The van der Waals surface area contributed by atoms with Gasteiger partial charge in [0.2, 0.25) is 11.8 Å². The summed E-state index contributed by atoms with van der Waals surface area (Å²) in [7, 11) is 1.53. The number of fused-ring (bicyclic) bond motifs is 3. The number of nitro benzene ring substituents is 1. The quantitative estimate of drug-likeness (QED) is 0.121. The van der Waals surface area contributed by atoms with Gasteiger partial charge in [0, 0.05) is 18.1 Å². The number of methoxy groups -OCH3 is 1. The molecule has 2 aromatic rings. The molecule has 9 nitrogen and oxygen atoms in total. The minimum absolute atomic E-state index is 0.130. The first-order chi connectivity index (χ1) is 19.1. The lowest BCUT2D eigenvalue weighted by molar-refractivity contribution is -0.384. The Morgan fingerprint density at radius 3 is 2.73 bits per heavy atom. The summed E-state index contributed by atoms with van der Waals surface area (Å²) in [5.74, 6) is -1.23. The van der Waals surface area contributed by atoms with Crippen molar-refractivity contribution < 1.29 is 29.1 Å². The number of hydrogen-bond donors (Lipinski definition) is 1. The van der Waals surface area contributed by atoms with Crippen LogP contribution in [0, 0.1) is 31.4 Å². The summed E-state index contributed by atoms with van der Waals surface area (Å²) in [6.07, 6.45) is 4.86. The summed E-state index contributed by atoms with van der Waals surface area (Å²) in [5, 5.41) is 21.4. The Balaban J connectivity index is 1.34. The molecule has 10 heteroatoms. The van der Waals surface area contributed by atoms with Gasteiger partial charge in [0.25, 0.3) is 5.69 Å². The lowest BCUT2D eigenvalue weighted by atomic mass is 9.70.